The van der Waals surface area contributed by atoms with Crippen molar-refractivity contribution in [2.24, 2.45) is 5.73 Å². The predicted octanol–water partition coefficient (Wildman–Crippen LogP) is 2.05. The number of benzene rings is 1. The summed E-state index contributed by atoms with van der Waals surface area (Å²) in [5, 5.41) is 3.15. The van der Waals surface area contributed by atoms with Crippen molar-refractivity contribution in [3.05, 3.63) is 35.9 Å². The Hall–Kier alpha value is -2.08. The minimum absolute atomic E-state index is 0.00238. The van der Waals surface area contributed by atoms with E-state index in [0.717, 1.165) is 18.4 Å². The van der Waals surface area contributed by atoms with Crippen LogP contribution >= 0.6 is 0 Å². The summed E-state index contributed by atoms with van der Waals surface area (Å²) in [4.78, 5) is 28.9. The first kappa shape index (κ1) is 18.7. The Labute approximate surface area is 155 Å². The van der Waals surface area contributed by atoms with Crippen molar-refractivity contribution in [3.63, 3.8) is 0 Å². The molecule has 1 atom stereocenters. The summed E-state index contributed by atoms with van der Waals surface area (Å²) >= 11 is 0. The average molecular weight is 358 g/mol. The predicted molar refractivity (Wildman–Crippen MR) is 102 cm³/mol. The quantitative estimate of drug-likeness (QED) is 0.868. The number of carbonyl (C=O) groups is 2. The minimum atomic E-state index is -1.05. The summed E-state index contributed by atoms with van der Waals surface area (Å²) < 4.78 is 0. The topological polar surface area (TPSA) is 78.7 Å². The largest absolute Gasteiger partial charge is 0.337 e. The van der Waals surface area contributed by atoms with E-state index in [1.165, 1.54) is 19.3 Å². The highest BCUT2D eigenvalue weighted by Gasteiger charge is 2.36. The van der Waals surface area contributed by atoms with Gasteiger partial charge in [0.15, 0.2) is 0 Å². The van der Waals surface area contributed by atoms with E-state index in [2.05, 4.69) is 5.32 Å². The molecule has 1 aliphatic heterocycles. The van der Waals surface area contributed by atoms with Crippen molar-refractivity contribution in [2.45, 2.75) is 50.6 Å². The molecule has 3 amide bonds. The van der Waals surface area contributed by atoms with Gasteiger partial charge in [0, 0.05) is 32.2 Å². The Balaban J connectivity index is 1.53. The van der Waals surface area contributed by atoms with Crippen molar-refractivity contribution < 1.29 is 9.59 Å². The lowest BCUT2D eigenvalue weighted by molar-refractivity contribution is -0.138. The van der Waals surface area contributed by atoms with Gasteiger partial charge in [0.05, 0.1) is 0 Å². The third kappa shape index (κ3) is 4.18. The van der Waals surface area contributed by atoms with Crippen LogP contribution in [0, 0.1) is 0 Å². The van der Waals surface area contributed by atoms with Crippen LogP contribution in [0.1, 0.15) is 44.6 Å². The minimum Gasteiger partial charge on any atom is -0.337 e. The first-order chi connectivity index (χ1) is 12.5. The van der Waals surface area contributed by atoms with Gasteiger partial charge in [-0.25, -0.2) is 4.79 Å². The molecule has 0 bridgehead atoms. The number of hydrogen-bond acceptors (Lipinski definition) is 3. The highest BCUT2D eigenvalue weighted by Crippen LogP contribution is 2.21. The normalized spacial score (nSPS) is 21.2. The van der Waals surface area contributed by atoms with Crippen LogP contribution in [0.4, 0.5) is 4.79 Å². The highest BCUT2D eigenvalue weighted by molar-refractivity contribution is 5.87. The van der Waals surface area contributed by atoms with E-state index in [4.69, 9.17) is 5.73 Å². The Morgan fingerprint density at radius 2 is 1.58 bits per heavy atom. The van der Waals surface area contributed by atoms with Crippen LogP contribution in [0.3, 0.4) is 0 Å². The van der Waals surface area contributed by atoms with Crippen molar-refractivity contribution in [3.8, 4) is 0 Å². The summed E-state index contributed by atoms with van der Waals surface area (Å²) in [6.45, 7) is 3.91. The number of nitrogens with two attached hydrogens (primary N) is 1. The number of hydrogen-bond donors (Lipinski definition) is 2. The number of urea groups is 1. The molecule has 0 aromatic heterocycles. The molecule has 1 aromatic rings. The fourth-order valence-corrected chi connectivity index (χ4v) is 3.86. The zero-order chi connectivity index (χ0) is 18.6. The van der Waals surface area contributed by atoms with Gasteiger partial charge in [-0.05, 0) is 25.3 Å². The molecule has 0 spiro atoms. The van der Waals surface area contributed by atoms with Crippen LogP contribution in [0.5, 0.6) is 0 Å². The second kappa shape index (κ2) is 8.08. The number of nitrogens with one attached hydrogen (secondary N) is 1. The fourth-order valence-electron chi connectivity index (χ4n) is 3.86. The molecule has 1 heterocycles. The van der Waals surface area contributed by atoms with Crippen LogP contribution < -0.4 is 11.1 Å². The van der Waals surface area contributed by atoms with E-state index in [-0.39, 0.29) is 11.9 Å². The van der Waals surface area contributed by atoms with E-state index >= 15 is 0 Å². The molecule has 3 rings (SSSR count). The first-order valence-corrected chi connectivity index (χ1v) is 9.67. The van der Waals surface area contributed by atoms with Crippen LogP contribution in [-0.4, -0.2) is 54.0 Å². The fraction of sp³-hybridized carbons (Fsp3) is 0.600. The van der Waals surface area contributed by atoms with Crippen LogP contribution in [0.25, 0.3) is 0 Å². The van der Waals surface area contributed by atoms with E-state index in [1.807, 2.05) is 35.2 Å². The SMILES string of the molecule is CC(N)(C(=O)N1CCN(C(=O)NC2CCCCC2)CC1)c1ccccc1. The first-order valence-electron chi connectivity index (χ1n) is 9.67. The molecule has 2 aliphatic rings. The van der Waals surface area contributed by atoms with Crippen molar-refractivity contribution in [1.82, 2.24) is 15.1 Å². The number of rotatable bonds is 3. The molecule has 6 heteroatoms. The van der Waals surface area contributed by atoms with Gasteiger partial charge in [-0.15, -0.1) is 0 Å². The molecule has 3 N–H and O–H groups in total. The molecule has 26 heavy (non-hydrogen) atoms. The Morgan fingerprint density at radius 3 is 2.19 bits per heavy atom. The number of carbonyl (C=O) groups excluding carboxylic acids is 2. The third-order valence-corrected chi connectivity index (χ3v) is 5.60. The lowest BCUT2D eigenvalue weighted by atomic mass is 9.91. The zero-order valence-electron chi connectivity index (χ0n) is 15.6. The van der Waals surface area contributed by atoms with Gasteiger partial charge in [-0.3, -0.25) is 4.79 Å². The van der Waals surface area contributed by atoms with Crippen LogP contribution in [-0.2, 0) is 10.3 Å². The lowest BCUT2D eigenvalue weighted by Gasteiger charge is -2.39. The van der Waals surface area contributed by atoms with Crippen LogP contribution in [0.15, 0.2) is 30.3 Å². The molecule has 0 radical (unpaired) electrons. The van der Waals surface area contributed by atoms with E-state index in [0.29, 0.717) is 32.2 Å². The summed E-state index contributed by atoms with van der Waals surface area (Å²) in [6, 6.07) is 9.76. The summed E-state index contributed by atoms with van der Waals surface area (Å²) in [7, 11) is 0. The molecular formula is C20H30N4O2. The van der Waals surface area contributed by atoms with E-state index in [1.54, 1.807) is 11.8 Å². The van der Waals surface area contributed by atoms with Gasteiger partial charge in [0.2, 0.25) is 5.91 Å². The van der Waals surface area contributed by atoms with Crippen molar-refractivity contribution in [1.29, 1.82) is 0 Å². The molecule has 1 saturated carbocycles. The van der Waals surface area contributed by atoms with Crippen molar-refractivity contribution in [2.75, 3.05) is 26.2 Å². The maximum atomic E-state index is 12.9. The second-order valence-corrected chi connectivity index (χ2v) is 7.63. The molecule has 1 unspecified atom stereocenters. The standard InChI is InChI=1S/C20H30N4O2/c1-20(21,16-8-4-2-5-9-16)18(25)23-12-14-24(15-13-23)19(26)22-17-10-6-3-7-11-17/h2,4-5,8-9,17H,3,6-7,10-15,21H2,1H3,(H,22,26). The number of amides is 3. The zero-order valence-corrected chi connectivity index (χ0v) is 15.6. The molecule has 1 saturated heterocycles. The van der Waals surface area contributed by atoms with Gasteiger partial charge < -0.3 is 20.9 Å². The average Bonchev–Trinajstić information content (AvgIpc) is 2.69. The third-order valence-electron chi connectivity index (χ3n) is 5.60. The maximum Gasteiger partial charge on any atom is 0.317 e. The smallest absolute Gasteiger partial charge is 0.317 e. The maximum absolute atomic E-state index is 12.9. The summed E-state index contributed by atoms with van der Waals surface area (Å²) in [6.07, 6.45) is 5.82. The van der Waals surface area contributed by atoms with Gasteiger partial charge in [0.1, 0.15) is 5.54 Å². The summed E-state index contributed by atoms with van der Waals surface area (Å²) in [5.74, 6) is -0.0870. The Kier molecular flexibility index (Phi) is 5.81. The van der Waals surface area contributed by atoms with E-state index < -0.39 is 5.54 Å². The highest BCUT2D eigenvalue weighted by atomic mass is 16.2. The van der Waals surface area contributed by atoms with Gasteiger partial charge >= 0.3 is 6.03 Å². The lowest BCUT2D eigenvalue weighted by Crippen LogP contribution is -2.59. The van der Waals surface area contributed by atoms with Gasteiger partial charge in [-0.1, -0.05) is 49.6 Å². The summed E-state index contributed by atoms with van der Waals surface area (Å²) in [5.41, 5.74) is 6.11. The Bertz CT molecular complexity index is 618. The number of nitrogens with zero attached hydrogens (tertiary/aromatic N) is 2. The van der Waals surface area contributed by atoms with Crippen LogP contribution in [0.2, 0.25) is 0 Å². The molecule has 1 aliphatic carbocycles. The monoisotopic (exact) mass is 358 g/mol. The molecular weight excluding hydrogens is 328 g/mol. The molecule has 2 fully saturated rings. The van der Waals surface area contributed by atoms with Gasteiger partial charge in [0.25, 0.3) is 0 Å². The second-order valence-electron chi connectivity index (χ2n) is 7.63. The Morgan fingerprint density at radius 1 is 1.00 bits per heavy atom. The number of piperazine rings is 1. The molecule has 1 aromatic carbocycles. The van der Waals surface area contributed by atoms with E-state index in [9.17, 15) is 9.59 Å². The molecule has 142 valence electrons. The van der Waals surface area contributed by atoms with Gasteiger partial charge in [-0.2, -0.15) is 0 Å². The molecule has 6 nitrogen and oxygen atoms in total. The van der Waals surface area contributed by atoms with Crippen molar-refractivity contribution >= 4 is 11.9 Å².